The molecular weight excluding hydrogens is 501 g/mol. The van der Waals surface area contributed by atoms with Crippen molar-refractivity contribution >= 4 is 21.9 Å². The summed E-state index contributed by atoms with van der Waals surface area (Å²) in [5.74, 6) is -1.24. The average molecular weight is 527 g/mol. The van der Waals surface area contributed by atoms with Crippen LogP contribution in [0.15, 0.2) is 59.3 Å². The molecule has 0 bridgehead atoms. The number of carbonyl (C=O) groups is 1. The number of halogens is 4. The molecule has 1 aromatic heterocycles. The predicted octanol–water partition coefficient (Wildman–Crippen LogP) is 6.40. The molecule has 0 aliphatic carbocycles. The van der Waals surface area contributed by atoms with Gasteiger partial charge in [-0.05, 0) is 42.5 Å². The number of aryl methyl sites for hydroxylation is 2. The lowest BCUT2D eigenvalue weighted by Gasteiger charge is -2.14. The van der Waals surface area contributed by atoms with Crippen LogP contribution >= 0.6 is 15.9 Å². The molecule has 0 amide bonds. The quantitative estimate of drug-likeness (QED) is 0.387. The van der Waals surface area contributed by atoms with Crippen LogP contribution in [0.5, 0.6) is 5.75 Å². The number of hydrogen-bond donors (Lipinski definition) is 1. The summed E-state index contributed by atoms with van der Waals surface area (Å²) >= 11 is 3.57. The van der Waals surface area contributed by atoms with E-state index >= 15 is 0 Å². The van der Waals surface area contributed by atoms with E-state index in [0.29, 0.717) is 5.92 Å². The fraction of sp³-hybridized carbons (Fsp3) is 0.333. The lowest BCUT2D eigenvalue weighted by molar-refractivity contribution is -0.192. The average Bonchev–Trinajstić information content (AvgIpc) is 3.14. The third-order valence-corrected chi connectivity index (χ3v) is 5.20. The van der Waals surface area contributed by atoms with E-state index in [-0.39, 0.29) is 0 Å². The van der Waals surface area contributed by atoms with Crippen molar-refractivity contribution in [3.05, 3.63) is 70.6 Å². The molecule has 0 saturated heterocycles. The van der Waals surface area contributed by atoms with Crippen LogP contribution in [0.25, 0.3) is 11.3 Å². The Labute approximate surface area is 199 Å². The fourth-order valence-electron chi connectivity index (χ4n) is 3.23. The highest BCUT2D eigenvalue weighted by molar-refractivity contribution is 9.10. The normalized spacial score (nSPS) is 11.2. The Bertz CT molecular complexity index is 1070. The molecule has 0 fully saturated rings. The molecule has 0 radical (unpaired) electrons. The van der Waals surface area contributed by atoms with E-state index in [9.17, 15) is 13.2 Å². The van der Waals surface area contributed by atoms with Gasteiger partial charge in [-0.15, -0.1) is 0 Å². The van der Waals surface area contributed by atoms with Gasteiger partial charge in [-0.3, -0.25) is 0 Å². The van der Waals surface area contributed by atoms with Gasteiger partial charge < -0.3 is 14.4 Å². The van der Waals surface area contributed by atoms with Crippen LogP contribution in [0.4, 0.5) is 13.2 Å². The number of para-hydroxylation sites is 1. The number of nitrogens with zero attached hydrogens (tertiary/aromatic N) is 2. The minimum atomic E-state index is -5.08. The van der Waals surface area contributed by atoms with E-state index in [1.54, 1.807) is 7.11 Å². The van der Waals surface area contributed by atoms with E-state index in [2.05, 4.69) is 64.7 Å². The Morgan fingerprint density at radius 2 is 1.85 bits per heavy atom. The first-order chi connectivity index (χ1) is 15.5. The largest absolute Gasteiger partial charge is 0.496 e. The number of ether oxygens (including phenoxy) is 1. The maximum atomic E-state index is 10.6. The monoisotopic (exact) mass is 526 g/mol. The molecule has 9 heteroatoms. The minimum absolute atomic E-state index is 0.572. The fourth-order valence-corrected chi connectivity index (χ4v) is 3.63. The number of aliphatic carboxylic acids is 1. The minimum Gasteiger partial charge on any atom is -0.496 e. The summed E-state index contributed by atoms with van der Waals surface area (Å²) in [5, 5.41) is 7.12. The number of methoxy groups -OCH3 is 1. The van der Waals surface area contributed by atoms with E-state index in [0.717, 1.165) is 40.9 Å². The van der Waals surface area contributed by atoms with Gasteiger partial charge in [0.1, 0.15) is 5.75 Å². The molecule has 0 saturated carbocycles. The van der Waals surface area contributed by atoms with Gasteiger partial charge in [0.25, 0.3) is 0 Å². The Morgan fingerprint density at radius 1 is 1.18 bits per heavy atom. The number of aromatic nitrogens is 2. The molecule has 3 rings (SSSR count). The molecule has 0 aliphatic heterocycles. The summed E-state index contributed by atoms with van der Waals surface area (Å²) in [6.45, 7) is 5.40. The number of hydrogen-bond acceptors (Lipinski definition) is 3. The number of carboxylic acids is 1. The van der Waals surface area contributed by atoms with E-state index in [1.165, 1.54) is 11.3 Å². The SMILES string of the molecule is COc1ccccc1CCn1cnc(-c2cccc(Br)c2)c1CC(C)C.O=C(O)C(F)(F)F. The van der Waals surface area contributed by atoms with Crippen LogP contribution in [0.3, 0.4) is 0 Å². The molecule has 0 atom stereocenters. The maximum Gasteiger partial charge on any atom is 0.490 e. The summed E-state index contributed by atoms with van der Waals surface area (Å²) in [6.07, 6.45) is -1.18. The van der Waals surface area contributed by atoms with Crippen LogP contribution in [0.2, 0.25) is 0 Å². The van der Waals surface area contributed by atoms with Gasteiger partial charge >= 0.3 is 12.1 Å². The van der Waals surface area contributed by atoms with Crippen LogP contribution < -0.4 is 4.74 Å². The molecule has 1 N–H and O–H groups in total. The van der Waals surface area contributed by atoms with Crippen molar-refractivity contribution in [1.29, 1.82) is 0 Å². The zero-order valence-corrected chi connectivity index (χ0v) is 20.2. The van der Waals surface area contributed by atoms with Crippen molar-refractivity contribution in [1.82, 2.24) is 9.55 Å². The maximum absolute atomic E-state index is 10.6. The Hall–Kier alpha value is -2.81. The molecule has 33 heavy (non-hydrogen) atoms. The third kappa shape index (κ3) is 7.92. The first-order valence-electron chi connectivity index (χ1n) is 10.2. The topological polar surface area (TPSA) is 64.4 Å². The van der Waals surface area contributed by atoms with Crippen molar-refractivity contribution < 1.29 is 27.8 Å². The molecule has 3 aromatic rings. The van der Waals surface area contributed by atoms with Crippen LogP contribution in [0, 0.1) is 5.92 Å². The highest BCUT2D eigenvalue weighted by atomic mass is 79.9. The molecule has 178 valence electrons. The third-order valence-electron chi connectivity index (χ3n) is 4.70. The van der Waals surface area contributed by atoms with Gasteiger partial charge in [-0.25, -0.2) is 9.78 Å². The van der Waals surface area contributed by atoms with Crippen molar-refractivity contribution in [2.45, 2.75) is 39.4 Å². The highest BCUT2D eigenvalue weighted by Gasteiger charge is 2.38. The van der Waals surface area contributed by atoms with Crippen molar-refractivity contribution in [3.63, 3.8) is 0 Å². The first kappa shape index (κ1) is 26.4. The standard InChI is InChI=1S/C22H25BrN2O.C2HF3O2/c1-16(2)13-20-22(18-8-6-9-19(23)14-18)24-15-25(20)12-11-17-7-4-5-10-21(17)26-3;3-2(4,5)1(6)7/h4-10,14-16H,11-13H2,1-3H3;(H,6,7). The van der Waals surface area contributed by atoms with Gasteiger partial charge in [0.05, 0.1) is 19.1 Å². The molecule has 0 unspecified atom stereocenters. The first-order valence-corrected chi connectivity index (χ1v) is 11.0. The summed E-state index contributed by atoms with van der Waals surface area (Å²) < 4.78 is 40.6. The second-order valence-electron chi connectivity index (χ2n) is 7.71. The number of carboxylic acid groups (broad SMARTS) is 1. The molecule has 0 spiro atoms. The molecule has 0 aliphatic rings. The highest BCUT2D eigenvalue weighted by Crippen LogP contribution is 2.27. The Morgan fingerprint density at radius 3 is 2.42 bits per heavy atom. The number of alkyl halides is 3. The molecule has 1 heterocycles. The molecule has 2 aromatic carbocycles. The smallest absolute Gasteiger partial charge is 0.490 e. The number of benzene rings is 2. The lowest BCUT2D eigenvalue weighted by Crippen LogP contribution is -2.21. The van der Waals surface area contributed by atoms with Crippen LogP contribution in [0.1, 0.15) is 25.1 Å². The van der Waals surface area contributed by atoms with Gasteiger partial charge in [-0.2, -0.15) is 13.2 Å². The van der Waals surface area contributed by atoms with Gasteiger partial charge in [0.2, 0.25) is 0 Å². The van der Waals surface area contributed by atoms with Gasteiger partial charge in [0, 0.05) is 22.3 Å². The van der Waals surface area contributed by atoms with E-state index in [4.69, 9.17) is 19.6 Å². The zero-order valence-electron chi connectivity index (χ0n) is 18.6. The number of imidazole rings is 1. The second-order valence-corrected chi connectivity index (χ2v) is 8.62. The second kappa shape index (κ2) is 11.9. The lowest BCUT2D eigenvalue weighted by atomic mass is 10.0. The van der Waals surface area contributed by atoms with E-state index < -0.39 is 12.1 Å². The van der Waals surface area contributed by atoms with Crippen LogP contribution in [-0.2, 0) is 24.2 Å². The summed E-state index contributed by atoms with van der Waals surface area (Å²) in [6, 6.07) is 16.6. The van der Waals surface area contributed by atoms with Crippen molar-refractivity contribution in [2.24, 2.45) is 5.92 Å². The Kier molecular flexibility index (Phi) is 9.52. The van der Waals surface area contributed by atoms with Gasteiger partial charge in [0.15, 0.2) is 0 Å². The van der Waals surface area contributed by atoms with E-state index in [1.807, 2.05) is 24.5 Å². The summed E-state index contributed by atoms with van der Waals surface area (Å²) in [7, 11) is 1.73. The molecular formula is C24H26BrF3N2O3. The van der Waals surface area contributed by atoms with Crippen molar-refractivity contribution in [2.75, 3.05) is 7.11 Å². The zero-order chi connectivity index (χ0) is 24.6. The number of rotatable bonds is 7. The Balaban J connectivity index is 0.000000479. The summed E-state index contributed by atoms with van der Waals surface area (Å²) in [4.78, 5) is 13.6. The van der Waals surface area contributed by atoms with Crippen molar-refractivity contribution in [3.8, 4) is 17.0 Å². The predicted molar refractivity (Wildman–Crippen MR) is 124 cm³/mol. The van der Waals surface area contributed by atoms with Gasteiger partial charge in [-0.1, -0.05) is 60.1 Å². The summed E-state index contributed by atoms with van der Waals surface area (Å²) in [5.41, 5.74) is 4.77. The molecule has 5 nitrogen and oxygen atoms in total. The van der Waals surface area contributed by atoms with Crippen LogP contribution in [-0.4, -0.2) is 33.9 Å².